The van der Waals surface area contributed by atoms with Gasteiger partial charge in [-0.3, -0.25) is 4.90 Å². The van der Waals surface area contributed by atoms with E-state index in [0.29, 0.717) is 11.2 Å². The zero-order valence-corrected chi connectivity index (χ0v) is 15.3. The standard InChI is InChI=1S/C17H23N3OS.ClH/c1-12-3-4-15(9-13(12)2)21-14-5-7-20(8-6-14)11-16-10-19-17(18)22-16;/h3-4,9-10,14H,5-8,11H2,1-2H3,(H2,18,19);1H. The van der Waals surface area contributed by atoms with E-state index in [1.165, 1.54) is 16.0 Å². The molecule has 23 heavy (non-hydrogen) atoms. The maximum Gasteiger partial charge on any atom is 0.180 e. The van der Waals surface area contributed by atoms with Gasteiger partial charge in [0.15, 0.2) is 5.13 Å². The molecule has 6 heteroatoms. The van der Waals surface area contributed by atoms with Crippen LogP contribution in [0.5, 0.6) is 5.75 Å². The highest BCUT2D eigenvalue weighted by Gasteiger charge is 2.21. The molecule has 4 nitrogen and oxygen atoms in total. The molecule has 1 fully saturated rings. The van der Waals surface area contributed by atoms with Gasteiger partial charge in [-0.1, -0.05) is 6.07 Å². The van der Waals surface area contributed by atoms with E-state index in [2.05, 4.69) is 41.9 Å². The van der Waals surface area contributed by atoms with Gasteiger partial charge in [-0.15, -0.1) is 23.7 Å². The number of halogens is 1. The molecule has 2 aromatic rings. The molecule has 0 bridgehead atoms. The number of ether oxygens (including phenoxy) is 1. The maximum absolute atomic E-state index is 6.14. The molecule has 0 spiro atoms. The summed E-state index contributed by atoms with van der Waals surface area (Å²) < 4.78 is 6.14. The van der Waals surface area contributed by atoms with Crippen LogP contribution in [0.2, 0.25) is 0 Å². The van der Waals surface area contributed by atoms with Gasteiger partial charge in [0.1, 0.15) is 11.9 Å². The summed E-state index contributed by atoms with van der Waals surface area (Å²) in [6.07, 6.45) is 4.35. The molecule has 0 atom stereocenters. The molecule has 2 heterocycles. The average molecular weight is 354 g/mol. The highest BCUT2D eigenvalue weighted by molar-refractivity contribution is 7.15. The van der Waals surface area contributed by atoms with Gasteiger partial charge in [0.05, 0.1) is 0 Å². The summed E-state index contributed by atoms with van der Waals surface area (Å²) in [7, 11) is 0. The zero-order valence-electron chi connectivity index (χ0n) is 13.6. The first-order valence-electron chi connectivity index (χ1n) is 7.76. The lowest BCUT2D eigenvalue weighted by molar-refractivity contribution is 0.0973. The Hall–Kier alpha value is -1.30. The average Bonchev–Trinajstić information content (AvgIpc) is 2.90. The fraction of sp³-hybridized carbons (Fsp3) is 0.471. The molecule has 1 saturated heterocycles. The van der Waals surface area contributed by atoms with Crippen LogP contribution in [-0.4, -0.2) is 29.1 Å². The fourth-order valence-electron chi connectivity index (χ4n) is 2.78. The first-order chi connectivity index (χ1) is 10.6. The van der Waals surface area contributed by atoms with E-state index < -0.39 is 0 Å². The van der Waals surface area contributed by atoms with Crippen LogP contribution in [0.1, 0.15) is 28.8 Å². The summed E-state index contributed by atoms with van der Waals surface area (Å²) in [6.45, 7) is 7.33. The highest BCUT2D eigenvalue weighted by Crippen LogP contribution is 2.23. The Kier molecular flexibility index (Phi) is 6.27. The molecule has 1 aliphatic rings. The Morgan fingerprint density at radius 1 is 1.26 bits per heavy atom. The summed E-state index contributed by atoms with van der Waals surface area (Å²) in [6, 6.07) is 6.35. The van der Waals surface area contributed by atoms with Gasteiger partial charge < -0.3 is 10.5 Å². The Labute approximate surface area is 148 Å². The van der Waals surface area contributed by atoms with Crippen LogP contribution in [0.25, 0.3) is 0 Å². The first kappa shape index (κ1) is 18.0. The number of piperidine rings is 1. The summed E-state index contributed by atoms with van der Waals surface area (Å²) in [5.74, 6) is 0.997. The van der Waals surface area contributed by atoms with E-state index >= 15 is 0 Å². The number of aryl methyl sites for hydroxylation is 2. The Morgan fingerprint density at radius 2 is 2.00 bits per heavy atom. The van der Waals surface area contributed by atoms with Crippen LogP contribution in [0, 0.1) is 13.8 Å². The van der Waals surface area contributed by atoms with Crippen molar-refractivity contribution in [2.45, 2.75) is 39.3 Å². The van der Waals surface area contributed by atoms with E-state index in [0.717, 1.165) is 38.2 Å². The number of nitrogens with zero attached hydrogens (tertiary/aromatic N) is 2. The van der Waals surface area contributed by atoms with E-state index in [4.69, 9.17) is 10.5 Å². The quantitative estimate of drug-likeness (QED) is 0.908. The minimum Gasteiger partial charge on any atom is -0.490 e. The van der Waals surface area contributed by atoms with Crippen LogP contribution in [0.15, 0.2) is 24.4 Å². The number of aromatic nitrogens is 1. The molecule has 3 rings (SSSR count). The van der Waals surface area contributed by atoms with Crippen LogP contribution in [0.3, 0.4) is 0 Å². The predicted octanol–water partition coefficient (Wildman–Crippen LogP) is 3.81. The lowest BCUT2D eigenvalue weighted by atomic mass is 10.1. The maximum atomic E-state index is 6.14. The van der Waals surface area contributed by atoms with Crippen molar-refractivity contribution in [3.05, 3.63) is 40.4 Å². The SMILES string of the molecule is Cc1ccc(OC2CCN(Cc3cnc(N)s3)CC2)cc1C.Cl. The zero-order chi connectivity index (χ0) is 15.5. The van der Waals surface area contributed by atoms with E-state index in [1.54, 1.807) is 11.3 Å². The van der Waals surface area contributed by atoms with E-state index in [-0.39, 0.29) is 12.4 Å². The number of nitrogen functional groups attached to an aromatic ring is 1. The van der Waals surface area contributed by atoms with Gasteiger partial charge in [-0.25, -0.2) is 4.98 Å². The van der Waals surface area contributed by atoms with Crippen molar-refractivity contribution in [2.75, 3.05) is 18.8 Å². The molecule has 0 saturated carbocycles. The molecule has 1 aliphatic heterocycles. The van der Waals surface area contributed by atoms with Crippen molar-refractivity contribution < 1.29 is 4.74 Å². The van der Waals surface area contributed by atoms with Gasteiger partial charge in [-0.05, 0) is 49.9 Å². The van der Waals surface area contributed by atoms with E-state index in [1.807, 2.05) is 6.20 Å². The second-order valence-electron chi connectivity index (χ2n) is 6.00. The molecule has 0 radical (unpaired) electrons. The van der Waals surface area contributed by atoms with Crippen LogP contribution >= 0.6 is 23.7 Å². The Morgan fingerprint density at radius 3 is 2.61 bits per heavy atom. The van der Waals surface area contributed by atoms with Gasteiger partial charge in [0.2, 0.25) is 0 Å². The molecule has 0 amide bonds. The van der Waals surface area contributed by atoms with Crippen molar-refractivity contribution in [3.63, 3.8) is 0 Å². The summed E-state index contributed by atoms with van der Waals surface area (Å²) in [4.78, 5) is 7.81. The van der Waals surface area contributed by atoms with Crippen molar-refractivity contribution in [1.82, 2.24) is 9.88 Å². The van der Waals surface area contributed by atoms with Gasteiger partial charge in [0.25, 0.3) is 0 Å². The van der Waals surface area contributed by atoms with Crippen molar-refractivity contribution in [2.24, 2.45) is 0 Å². The largest absolute Gasteiger partial charge is 0.490 e. The number of thiazole rings is 1. The number of benzene rings is 1. The molecule has 1 aromatic carbocycles. The topological polar surface area (TPSA) is 51.4 Å². The third-order valence-electron chi connectivity index (χ3n) is 4.27. The smallest absolute Gasteiger partial charge is 0.180 e. The minimum atomic E-state index is 0. The molecule has 0 aliphatic carbocycles. The molecule has 126 valence electrons. The normalized spacial score (nSPS) is 16.1. The monoisotopic (exact) mass is 353 g/mol. The molecular weight excluding hydrogens is 330 g/mol. The summed E-state index contributed by atoms with van der Waals surface area (Å²) in [5, 5.41) is 0.656. The predicted molar refractivity (Wildman–Crippen MR) is 98.6 cm³/mol. The first-order valence-corrected chi connectivity index (χ1v) is 8.58. The van der Waals surface area contributed by atoms with Crippen molar-refractivity contribution in [3.8, 4) is 5.75 Å². The van der Waals surface area contributed by atoms with Crippen LogP contribution in [0.4, 0.5) is 5.13 Å². The van der Waals surface area contributed by atoms with E-state index in [9.17, 15) is 0 Å². The van der Waals surface area contributed by atoms with Gasteiger partial charge in [0, 0.05) is 30.7 Å². The third kappa shape index (κ3) is 4.83. The Bertz CT molecular complexity index is 639. The molecule has 1 aromatic heterocycles. The van der Waals surface area contributed by atoms with Gasteiger partial charge in [-0.2, -0.15) is 0 Å². The lowest BCUT2D eigenvalue weighted by Gasteiger charge is -2.31. The summed E-state index contributed by atoms with van der Waals surface area (Å²) in [5.41, 5.74) is 8.28. The Balaban J connectivity index is 0.00000192. The molecular formula is C17H24ClN3OS. The number of likely N-dealkylation sites (tertiary alicyclic amines) is 1. The lowest BCUT2D eigenvalue weighted by Crippen LogP contribution is -2.37. The summed E-state index contributed by atoms with van der Waals surface area (Å²) >= 11 is 1.58. The molecule has 0 unspecified atom stereocenters. The number of nitrogens with two attached hydrogens (primary N) is 1. The van der Waals surface area contributed by atoms with Crippen molar-refractivity contribution in [1.29, 1.82) is 0 Å². The number of anilines is 1. The minimum absolute atomic E-state index is 0. The highest BCUT2D eigenvalue weighted by atomic mass is 35.5. The fourth-order valence-corrected chi connectivity index (χ4v) is 3.51. The van der Waals surface area contributed by atoms with Crippen LogP contribution < -0.4 is 10.5 Å². The second kappa shape index (κ2) is 7.99. The third-order valence-corrected chi connectivity index (χ3v) is 5.08. The number of hydrogen-bond acceptors (Lipinski definition) is 5. The van der Waals surface area contributed by atoms with Crippen molar-refractivity contribution >= 4 is 28.9 Å². The number of rotatable bonds is 4. The second-order valence-corrected chi connectivity index (χ2v) is 7.15. The number of hydrogen-bond donors (Lipinski definition) is 1. The van der Waals surface area contributed by atoms with Gasteiger partial charge >= 0.3 is 0 Å². The van der Waals surface area contributed by atoms with Crippen LogP contribution in [-0.2, 0) is 6.54 Å². The molecule has 2 N–H and O–H groups in total.